The maximum Gasteiger partial charge on any atom is 0.320 e. The number of amides is 4. The van der Waals surface area contributed by atoms with E-state index in [1.165, 1.54) is 37.9 Å². The van der Waals surface area contributed by atoms with Crippen molar-refractivity contribution < 1.29 is 33.8 Å². The van der Waals surface area contributed by atoms with Gasteiger partial charge in [0, 0.05) is 25.3 Å². The van der Waals surface area contributed by atoms with Crippen molar-refractivity contribution in [2.45, 2.75) is 42.3 Å². The molecule has 0 aromatic heterocycles. The number of thioether (sulfide) groups is 1. The Kier molecular flexibility index (Phi) is 10.8. The summed E-state index contributed by atoms with van der Waals surface area (Å²) in [6.45, 7) is 0.987. The fourth-order valence-electron chi connectivity index (χ4n) is 3.18. The standard InChI is InChI=1S/C22H31N5O7S/c1-12(28)26-15(8-5-13-3-6-14(29)7-4-13)21(32)27-16(9-23)20(31)25-11-18(30)24-10-17-19(35-17)22(33)34-2/h3-4,6-7,15-17,19,29H,5,8-11,23H2,1-2H3,(H,24,30)(H,25,31)(H,26,28)(H,27,32)/t15-,16-,17-,19-/m0/s1. The average molecular weight is 510 g/mol. The molecule has 35 heavy (non-hydrogen) atoms. The molecule has 4 amide bonds. The molecule has 192 valence electrons. The van der Waals surface area contributed by atoms with E-state index in [-0.39, 0.29) is 48.3 Å². The number of carbonyl (C=O) groups is 5. The first kappa shape index (κ1) is 27.9. The maximum absolute atomic E-state index is 12.7. The van der Waals surface area contributed by atoms with Crippen LogP contribution in [0.4, 0.5) is 0 Å². The normalized spacial score (nSPS) is 17.9. The van der Waals surface area contributed by atoms with Crippen molar-refractivity contribution in [1.82, 2.24) is 21.3 Å². The molecule has 12 nitrogen and oxygen atoms in total. The predicted molar refractivity (Wildman–Crippen MR) is 128 cm³/mol. The number of methoxy groups -OCH3 is 1. The van der Waals surface area contributed by atoms with Crippen molar-refractivity contribution in [3.8, 4) is 5.75 Å². The van der Waals surface area contributed by atoms with Crippen LogP contribution in [0, 0.1) is 0 Å². The highest BCUT2D eigenvalue weighted by molar-refractivity contribution is 8.08. The highest BCUT2D eigenvalue weighted by Gasteiger charge is 2.45. The molecule has 1 aromatic carbocycles. The summed E-state index contributed by atoms with van der Waals surface area (Å²) in [6, 6.07) is 4.44. The summed E-state index contributed by atoms with van der Waals surface area (Å²) >= 11 is 1.38. The van der Waals surface area contributed by atoms with Gasteiger partial charge >= 0.3 is 5.97 Å². The molecule has 0 saturated carbocycles. The number of carbonyl (C=O) groups excluding carboxylic acids is 5. The summed E-state index contributed by atoms with van der Waals surface area (Å²) in [7, 11) is 1.30. The van der Waals surface area contributed by atoms with Gasteiger partial charge in [0.2, 0.25) is 23.6 Å². The second-order valence-corrected chi connectivity index (χ2v) is 9.28. The van der Waals surface area contributed by atoms with Crippen molar-refractivity contribution >= 4 is 41.4 Å². The Balaban J connectivity index is 1.80. The number of nitrogens with one attached hydrogen (secondary N) is 4. The molecule has 1 fully saturated rings. The Bertz CT molecular complexity index is 927. The predicted octanol–water partition coefficient (Wildman–Crippen LogP) is -1.84. The van der Waals surface area contributed by atoms with Gasteiger partial charge in [-0.15, -0.1) is 11.8 Å². The molecule has 1 aromatic rings. The van der Waals surface area contributed by atoms with Crippen LogP contribution in [-0.2, 0) is 35.1 Å². The Hall–Kier alpha value is -3.32. The van der Waals surface area contributed by atoms with Crippen LogP contribution in [0.15, 0.2) is 24.3 Å². The minimum Gasteiger partial charge on any atom is -0.508 e. The molecule has 13 heteroatoms. The van der Waals surface area contributed by atoms with Gasteiger partial charge in [0.25, 0.3) is 0 Å². The summed E-state index contributed by atoms with van der Waals surface area (Å²) in [5, 5.41) is 19.1. The zero-order chi connectivity index (χ0) is 26.0. The highest BCUT2D eigenvalue weighted by Crippen LogP contribution is 2.41. The molecular formula is C22H31N5O7S. The van der Waals surface area contributed by atoms with E-state index in [1.807, 2.05) is 0 Å². The number of rotatable bonds is 13. The molecule has 0 radical (unpaired) electrons. The van der Waals surface area contributed by atoms with Gasteiger partial charge in [0.15, 0.2) is 0 Å². The van der Waals surface area contributed by atoms with Gasteiger partial charge in [-0.1, -0.05) is 12.1 Å². The third kappa shape index (κ3) is 9.45. The van der Waals surface area contributed by atoms with E-state index in [1.54, 1.807) is 12.1 Å². The monoisotopic (exact) mass is 509 g/mol. The van der Waals surface area contributed by atoms with Crippen molar-refractivity contribution in [2.75, 3.05) is 26.7 Å². The SMILES string of the molecule is COC(=O)[C@H]1S[C@H]1CNC(=O)CNC(=O)[C@H](CN)NC(=O)[C@H](CCc1ccc(O)cc1)NC(C)=O. The van der Waals surface area contributed by atoms with Crippen LogP contribution in [-0.4, -0.2) is 84.0 Å². The van der Waals surface area contributed by atoms with Crippen molar-refractivity contribution in [1.29, 1.82) is 0 Å². The van der Waals surface area contributed by atoms with Gasteiger partial charge < -0.3 is 36.8 Å². The van der Waals surface area contributed by atoms with E-state index in [4.69, 9.17) is 5.73 Å². The van der Waals surface area contributed by atoms with Gasteiger partial charge in [-0.25, -0.2) is 0 Å². The number of phenolic OH excluding ortho intramolecular Hbond substituents is 1. The number of esters is 1. The number of hydrogen-bond acceptors (Lipinski definition) is 9. The van der Waals surface area contributed by atoms with E-state index in [0.717, 1.165) is 5.56 Å². The number of aryl methyl sites for hydroxylation is 1. The fourth-order valence-corrected chi connectivity index (χ4v) is 4.06. The summed E-state index contributed by atoms with van der Waals surface area (Å²) < 4.78 is 4.63. The number of benzene rings is 1. The molecule has 2 rings (SSSR count). The summed E-state index contributed by atoms with van der Waals surface area (Å²) in [6.07, 6.45) is 0.692. The maximum atomic E-state index is 12.7. The van der Waals surface area contributed by atoms with E-state index >= 15 is 0 Å². The zero-order valence-electron chi connectivity index (χ0n) is 19.5. The first-order valence-electron chi connectivity index (χ1n) is 11.0. The van der Waals surface area contributed by atoms with Gasteiger partial charge in [-0.05, 0) is 30.5 Å². The molecule has 0 spiro atoms. The minimum atomic E-state index is -1.11. The van der Waals surface area contributed by atoms with Crippen LogP contribution < -0.4 is 27.0 Å². The second kappa shape index (κ2) is 13.5. The van der Waals surface area contributed by atoms with Crippen molar-refractivity contribution in [3.63, 3.8) is 0 Å². The zero-order valence-corrected chi connectivity index (χ0v) is 20.4. The first-order valence-corrected chi connectivity index (χ1v) is 11.9. The Morgan fingerprint density at radius 2 is 1.74 bits per heavy atom. The van der Waals surface area contributed by atoms with E-state index < -0.39 is 35.7 Å². The topological polar surface area (TPSA) is 189 Å². The number of phenols is 1. The van der Waals surface area contributed by atoms with Crippen LogP contribution in [0.3, 0.4) is 0 Å². The molecule has 0 bridgehead atoms. The van der Waals surface area contributed by atoms with Crippen LogP contribution in [0.5, 0.6) is 5.75 Å². The Morgan fingerprint density at radius 1 is 1.06 bits per heavy atom. The molecule has 1 heterocycles. The van der Waals surface area contributed by atoms with E-state index in [9.17, 15) is 29.1 Å². The second-order valence-electron chi connectivity index (χ2n) is 7.90. The molecule has 7 N–H and O–H groups in total. The summed E-state index contributed by atoms with van der Waals surface area (Å²) in [5.41, 5.74) is 6.49. The number of aromatic hydroxyl groups is 1. The molecular weight excluding hydrogens is 478 g/mol. The molecule has 4 atom stereocenters. The van der Waals surface area contributed by atoms with Crippen molar-refractivity contribution in [2.24, 2.45) is 5.73 Å². The summed E-state index contributed by atoms with van der Waals surface area (Å²) in [5.74, 6) is -2.33. The minimum absolute atomic E-state index is 0.0644. The summed E-state index contributed by atoms with van der Waals surface area (Å²) in [4.78, 5) is 60.1. The van der Waals surface area contributed by atoms with Gasteiger partial charge in [0.05, 0.1) is 13.7 Å². The highest BCUT2D eigenvalue weighted by atomic mass is 32.2. The average Bonchev–Trinajstić information content (AvgIpc) is 3.62. The third-order valence-electron chi connectivity index (χ3n) is 5.16. The fraction of sp³-hybridized carbons (Fsp3) is 0.500. The first-order chi connectivity index (χ1) is 16.6. The molecule has 1 aliphatic heterocycles. The lowest BCUT2D eigenvalue weighted by Gasteiger charge is -2.22. The number of ether oxygens (including phenoxy) is 1. The largest absolute Gasteiger partial charge is 0.508 e. The lowest BCUT2D eigenvalue weighted by atomic mass is 10.0. The third-order valence-corrected chi connectivity index (χ3v) is 6.45. The Labute approximate surface area is 207 Å². The molecule has 1 aliphatic rings. The van der Waals surface area contributed by atoms with Crippen molar-refractivity contribution in [3.05, 3.63) is 29.8 Å². The van der Waals surface area contributed by atoms with Crippen LogP contribution in [0.2, 0.25) is 0 Å². The lowest BCUT2D eigenvalue weighted by molar-refractivity contribution is -0.139. The quantitative estimate of drug-likeness (QED) is 0.131. The van der Waals surface area contributed by atoms with E-state index in [2.05, 4.69) is 26.0 Å². The molecule has 0 aliphatic carbocycles. The van der Waals surface area contributed by atoms with Crippen LogP contribution in [0.1, 0.15) is 18.9 Å². The number of hydrogen-bond donors (Lipinski definition) is 6. The molecule has 0 unspecified atom stereocenters. The van der Waals surface area contributed by atoms with Gasteiger partial charge in [0.1, 0.15) is 23.1 Å². The smallest absolute Gasteiger partial charge is 0.320 e. The van der Waals surface area contributed by atoms with E-state index in [0.29, 0.717) is 6.42 Å². The van der Waals surface area contributed by atoms with Gasteiger partial charge in [-0.3, -0.25) is 24.0 Å². The molecule has 1 saturated heterocycles. The number of nitrogens with two attached hydrogens (primary N) is 1. The lowest BCUT2D eigenvalue weighted by Crippen LogP contribution is -2.56. The van der Waals surface area contributed by atoms with Crippen LogP contribution in [0.25, 0.3) is 0 Å². The Morgan fingerprint density at radius 3 is 2.34 bits per heavy atom. The van der Waals surface area contributed by atoms with Crippen LogP contribution >= 0.6 is 11.8 Å². The van der Waals surface area contributed by atoms with Gasteiger partial charge in [-0.2, -0.15) is 0 Å².